The molecule has 0 saturated heterocycles. The molecule has 0 atom stereocenters. The molecule has 1 N–H and O–H groups in total. The smallest absolute Gasteiger partial charge is 0.245 e. The quantitative estimate of drug-likeness (QED) is 0.791. The molecule has 3 rings (SSSR count). The number of hydrogen-bond acceptors (Lipinski definition) is 2. The molecule has 0 radical (unpaired) electrons. The molecule has 4 heteroatoms. The minimum atomic E-state index is -0.0758. The van der Waals surface area contributed by atoms with Gasteiger partial charge in [0, 0.05) is 17.4 Å². The number of pyridine rings is 1. The standard InChI is InChI=1S/C16H15N3O/c1-12-10-13-6-2-3-7-14(13)19(12)11-16(20)18-15-8-4-5-9-17-15/h2-10H,11H2,1H3,(H,17,18,20). The van der Waals surface area contributed by atoms with Crippen molar-refractivity contribution in [2.45, 2.75) is 13.5 Å². The Bertz CT molecular complexity index is 747. The lowest BCUT2D eigenvalue weighted by molar-refractivity contribution is -0.116. The van der Waals surface area contributed by atoms with E-state index in [2.05, 4.69) is 22.4 Å². The van der Waals surface area contributed by atoms with Crippen LogP contribution in [0.3, 0.4) is 0 Å². The van der Waals surface area contributed by atoms with Gasteiger partial charge in [0.25, 0.3) is 0 Å². The Morgan fingerprint density at radius 3 is 2.80 bits per heavy atom. The number of carbonyl (C=O) groups excluding carboxylic acids is 1. The first-order valence-corrected chi connectivity index (χ1v) is 6.50. The van der Waals surface area contributed by atoms with Crippen LogP contribution in [-0.4, -0.2) is 15.5 Å². The molecular formula is C16H15N3O. The summed E-state index contributed by atoms with van der Waals surface area (Å²) in [4.78, 5) is 16.2. The third-order valence-electron chi connectivity index (χ3n) is 3.25. The van der Waals surface area contributed by atoms with E-state index in [9.17, 15) is 4.79 Å². The molecule has 0 aliphatic rings. The second-order valence-electron chi connectivity index (χ2n) is 4.69. The zero-order valence-electron chi connectivity index (χ0n) is 11.2. The molecule has 3 aromatic rings. The predicted molar refractivity (Wildman–Crippen MR) is 79.5 cm³/mol. The minimum Gasteiger partial charge on any atom is -0.335 e. The van der Waals surface area contributed by atoms with Crippen LogP contribution in [0.15, 0.2) is 54.7 Å². The minimum absolute atomic E-state index is 0.0758. The lowest BCUT2D eigenvalue weighted by Gasteiger charge is -2.08. The van der Waals surface area contributed by atoms with Gasteiger partial charge < -0.3 is 9.88 Å². The second kappa shape index (κ2) is 5.17. The molecule has 0 aliphatic heterocycles. The van der Waals surface area contributed by atoms with E-state index in [0.717, 1.165) is 16.6 Å². The van der Waals surface area contributed by atoms with Crippen LogP contribution in [0.1, 0.15) is 5.69 Å². The van der Waals surface area contributed by atoms with Gasteiger partial charge in [0.05, 0.1) is 0 Å². The molecule has 20 heavy (non-hydrogen) atoms. The monoisotopic (exact) mass is 265 g/mol. The second-order valence-corrected chi connectivity index (χ2v) is 4.69. The zero-order chi connectivity index (χ0) is 13.9. The average molecular weight is 265 g/mol. The first kappa shape index (κ1) is 12.4. The highest BCUT2D eigenvalue weighted by Gasteiger charge is 2.09. The Morgan fingerprint density at radius 2 is 2.00 bits per heavy atom. The number of rotatable bonds is 3. The van der Waals surface area contributed by atoms with Crippen LogP contribution in [0.25, 0.3) is 10.9 Å². The third kappa shape index (κ3) is 2.40. The Labute approximate surface area is 117 Å². The average Bonchev–Trinajstić information content (AvgIpc) is 2.76. The van der Waals surface area contributed by atoms with Gasteiger partial charge in [0.15, 0.2) is 0 Å². The fraction of sp³-hybridized carbons (Fsp3) is 0.125. The molecule has 0 unspecified atom stereocenters. The van der Waals surface area contributed by atoms with Gasteiger partial charge in [-0.2, -0.15) is 0 Å². The van der Waals surface area contributed by atoms with E-state index in [1.54, 1.807) is 12.3 Å². The van der Waals surface area contributed by atoms with Crippen LogP contribution in [0.5, 0.6) is 0 Å². The summed E-state index contributed by atoms with van der Waals surface area (Å²) in [6.45, 7) is 2.30. The van der Waals surface area contributed by atoms with Crippen molar-refractivity contribution in [3.63, 3.8) is 0 Å². The summed E-state index contributed by atoms with van der Waals surface area (Å²) < 4.78 is 2.01. The van der Waals surface area contributed by atoms with Crippen molar-refractivity contribution in [2.24, 2.45) is 0 Å². The Balaban J connectivity index is 1.83. The largest absolute Gasteiger partial charge is 0.335 e. The number of aryl methyl sites for hydroxylation is 1. The van der Waals surface area contributed by atoms with Crippen molar-refractivity contribution in [3.8, 4) is 0 Å². The van der Waals surface area contributed by atoms with Crippen LogP contribution < -0.4 is 5.32 Å². The zero-order valence-corrected chi connectivity index (χ0v) is 11.2. The molecule has 2 aromatic heterocycles. The molecular weight excluding hydrogens is 250 g/mol. The first-order valence-electron chi connectivity index (χ1n) is 6.50. The Kier molecular flexibility index (Phi) is 3.21. The van der Waals surface area contributed by atoms with Gasteiger partial charge in [0.1, 0.15) is 12.4 Å². The van der Waals surface area contributed by atoms with Crippen molar-refractivity contribution in [2.75, 3.05) is 5.32 Å². The summed E-state index contributed by atoms with van der Waals surface area (Å²) in [6, 6.07) is 15.6. The van der Waals surface area contributed by atoms with E-state index in [1.807, 2.05) is 41.8 Å². The van der Waals surface area contributed by atoms with Gasteiger partial charge in [0.2, 0.25) is 5.91 Å². The molecule has 0 bridgehead atoms. The van der Waals surface area contributed by atoms with Crippen LogP contribution in [0, 0.1) is 6.92 Å². The van der Waals surface area contributed by atoms with E-state index in [4.69, 9.17) is 0 Å². The summed E-state index contributed by atoms with van der Waals surface area (Å²) in [5, 5.41) is 3.95. The summed E-state index contributed by atoms with van der Waals surface area (Å²) >= 11 is 0. The van der Waals surface area contributed by atoms with Gasteiger partial charge in [-0.25, -0.2) is 4.98 Å². The van der Waals surface area contributed by atoms with Crippen molar-refractivity contribution in [3.05, 3.63) is 60.4 Å². The number of nitrogens with zero attached hydrogens (tertiary/aromatic N) is 2. The molecule has 0 saturated carbocycles. The number of hydrogen-bond donors (Lipinski definition) is 1. The maximum absolute atomic E-state index is 12.1. The van der Waals surface area contributed by atoms with E-state index in [1.165, 1.54) is 0 Å². The molecule has 2 heterocycles. The van der Waals surface area contributed by atoms with E-state index < -0.39 is 0 Å². The fourth-order valence-corrected chi connectivity index (χ4v) is 2.32. The van der Waals surface area contributed by atoms with Gasteiger partial charge >= 0.3 is 0 Å². The van der Waals surface area contributed by atoms with Crippen LogP contribution in [0.2, 0.25) is 0 Å². The van der Waals surface area contributed by atoms with Gasteiger partial charge in [-0.3, -0.25) is 4.79 Å². The first-order chi connectivity index (χ1) is 9.74. The lowest BCUT2D eigenvalue weighted by Crippen LogP contribution is -2.19. The number of para-hydroxylation sites is 1. The number of carbonyl (C=O) groups is 1. The molecule has 100 valence electrons. The molecule has 1 amide bonds. The number of fused-ring (bicyclic) bond motifs is 1. The van der Waals surface area contributed by atoms with Crippen molar-refractivity contribution in [1.29, 1.82) is 0 Å². The third-order valence-corrected chi connectivity index (χ3v) is 3.25. The van der Waals surface area contributed by atoms with E-state index in [0.29, 0.717) is 5.82 Å². The topological polar surface area (TPSA) is 46.9 Å². The van der Waals surface area contributed by atoms with Crippen molar-refractivity contribution in [1.82, 2.24) is 9.55 Å². The molecule has 0 aliphatic carbocycles. The fourth-order valence-electron chi connectivity index (χ4n) is 2.32. The van der Waals surface area contributed by atoms with Crippen LogP contribution in [0.4, 0.5) is 5.82 Å². The van der Waals surface area contributed by atoms with Gasteiger partial charge in [-0.05, 0) is 36.6 Å². The van der Waals surface area contributed by atoms with E-state index in [-0.39, 0.29) is 12.5 Å². The highest BCUT2D eigenvalue weighted by molar-refractivity contribution is 5.91. The summed E-state index contributed by atoms with van der Waals surface area (Å²) in [5.41, 5.74) is 2.14. The summed E-state index contributed by atoms with van der Waals surface area (Å²) in [7, 11) is 0. The van der Waals surface area contributed by atoms with Crippen molar-refractivity contribution < 1.29 is 4.79 Å². The normalized spacial score (nSPS) is 10.7. The van der Waals surface area contributed by atoms with Gasteiger partial charge in [-0.1, -0.05) is 24.3 Å². The summed E-state index contributed by atoms with van der Waals surface area (Å²) in [6.07, 6.45) is 1.66. The van der Waals surface area contributed by atoms with E-state index >= 15 is 0 Å². The maximum Gasteiger partial charge on any atom is 0.245 e. The molecule has 1 aromatic carbocycles. The SMILES string of the molecule is Cc1cc2ccccc2n1CC(=O)Nc1ccccn1. The number of aromatic nitrogens is 2. The van der Waals surface area contributed by atoms with Gasteiger partial charge in [-0.15, -0.1) is 0 Å². The lowest BCUT2D eigenvalue weighted by atomic mass is 10.2. The molecule has 0 fully saturated rings. The maximum atomic E-state index is 12.1. The number of amides is 1. The predicted octanol–water partition coefficient (Wildman–Crippen LogP) is 2.98. The number of benzene rings is 1. The number of nitrogens with one attached hydrogen (secondary N) is 1. The highest BCUT2D eigenvalue weighted by atomic mass is 16.2. The highest BCUT2D eigenvalue weighted by Crippen LogP contribution is 2.19. The Morgan fingerprint density at radius 1 is 1.20 bits per heavy atom. The van der Waals surface area contributed by atoms with Crippen molar-refractivity contribution >= 4 is 22.6 Å². The van der Waals surface area contributed by atoms with Crippen LogP contribution in [-0.2, 0) is 11.3 Å². The molecule has 0 spiro atoms. The molecule has 4 nitrogen and oxygen atoms in total. The summed E-state index contributed by atoms with van der Waals surface area (Å²) in [5.74, 6) is 0.500. The number of anilines is 1. The van der Waals surface area contributed by atoms with Crippen LogP contribution >= 0.6 is 0 Å². The Hall–Kier alpha value is -2.62.